The lowest BCUT2D eigenvalue weighted by molar-refractivity contribution is 0.415. The molecule has 4 aromatic rings. The van der Waals surface area contributed by atoms with Gasteiger partial charge in [-0.05, 0) is 60.7 Å². The van der Waals surface area contributed by atoms with Crippen molar-refractivity contribution in [3.63, 3.8) is 0 Å². The molecule has 4 nitrogen and oxygen atoms in total. The van der Waals surface area contributed by atoms with Gasteiger partial charge in [0.2, 0.25) is 5.89 Å². The first-order valence-corrected chi connectivity index (χ1v) is 8.25. The van der Waals surface area contributed by atoms with Crippen LogP contribution in [0.1, 0.15) is 0 Å². The second-order valence-electron chi connectivity index (χ2n) is 5.70. The summed E-state index contributed by atoms with van der Waals surface area (Å²) in [6.45, 7) is 0. The van der Waals surface area contributed by atoms with Crippen molar-refractivity contribution in [2.45, 2.75) is 0 Å². The summed E-state index contributed by atoms with van der Waals surface area (Å²) >= 11 is 0. The Hall–Kier alpha value is -3.53. The minimum absolute atomic E-state index is 0.576. The molecule has 3 aromatic carbocycles. The summed E-state index contributed by atoms with van der Waals surface area (Å²) in [6.07, 6.45) is 1.73. The van der Waals surface area contributed by atoms with Crippen LogP contribution in [-0.4, -0.2) is 12.1 Å². The van der Waals surface area contributed by atoms with E-state index in [9.17, 15) is 0 Å². The summed E-state index contributed by atoms with van der Waals surface area (Å²) < 4.78 is 16.9. The van der Waals surface area contributed by atoms with Crippen molar-refractivity contribution in [3.8, 4) is 40.0 Å². The zero-order valence-electron chi connectivity index (χ0n) is 14.3. The standard InChI is InChI=1S/C22H17NO3/c1-24-18-11-9-17(10-12-18)22-23-15-21(26-22)16-7-13-20(14-8-16)25-19-5-3-2-4-6-19/h2-15H,1H3. The van der Waals surface area contributed by atoms with Crippen LogP contribution in [-0.2, 0) is 0 Å². The highest BCUT2D eigenvalue weighted by atomic mass is 16.5. The molecule has 0 amide bonds. The smallest absolute Gasteiger partial charge is 0.226 e. The van der Waals surface area contributed by atoms with Crippen LogP contribution in [0.2, 0.25) is 0 Å². The number of hydrogen-bond donors (Lipinski definition) is 0. The fourth-order valence-corrected chi connectivity index (χ4v) is 2.59. The molecule has 0 saturated heterocycles. The van der Waals surface area contributed by atoms with Crippen molar-refractivity contribution in [1.82, 2.24) is 4.98 Å². The third-order valence-electron chi connectivity index (χ3n) is 3.96. The van der Waals surface area contributed by atoms with Crippen LogP contribution in [0.25, 0.3) is 22.8 Å². The number of nitrogens with zero attached hydrogens (tertiary/aromatic N) is 1. The molecule has 4 heteroatoms. The van der Waals surface area contributed by atoms with Gasteiger partial charge in [0.1, 0.15) is 17.2 Å². The lowest BCUT2D eigenvalue weighted by Gasteiger charge is -2.05. The third kappa shape index (κ3) is 3.44. The van der Waals surface area contributed by atoms with E-state index in [0.717, 1.165) is 28.4 Å². The zero-order valence-corrected chi connectivity index (χ0v) is 14.3. The quantitative estimate of drug-likeness (QED) is 0.459. The number of aromatic nitrogens is 1. The van der Waals surface area contributed by atoms with Gasteiger partial charge in [-0.1, -0.05) is 18.2 Å². The van der Waals surface area contributed by atoms with Gasteiger partial charge in [-0.15, -0.1) is 0 Å². The van der Waals surface area contributed by atoms with Gasteiger partial charge in [-0.2, -0.15) is 0 Å². The van der Waals surface area contributed by atoms with Crippen LogP contribution in [0.3, 0.4) is 0 Å². The first-order chi connectivity index (χ1) is 12.8. The number of para-hydroxylation sites is 1. The van der Waals surface area contributed by atoms with Gasteiger partial charge in [-0.3, -0.25) is 0 Å². The number of ether oxygens (including phenoxy) is 2. The summed E-state index contributed by atoms with van der Waals surface area (Å²) in [5.74, 6) is 3.67. The summed E-state index contributed by atoms with van der Waals surface area (Å²) in [4.78, 5) is 4.37. The lowest BCUT2D eigenvalue weighted by Crippen LogP contribution is -1.83. The number of oxazole rings is 1. The van der Waals surface area contributed by atoms with E-state index in [0.29, 0.717) is 11.7 Å². The first-order valence-electron chi connectivity index (χ1n) is 8.25. The minimum Gasteiger partial charge on any atom is -0.497 e. The topological polar surface area (TPSA) is 44.5 Å². The minimum atomic E-state index is 0.576. The Morgan fingerprint density at radius 2 is 1.31 bits per heavy atom. The number of methoxy groups -OCH3 is 1. The molecule has 0 atom stereocenters. The van der Waals surface area contributed by atoms with Crippen LogP contribution in [0.5, 0.6) is 17.2 Å². The predicted octanol–water partition coefficient (Wildman–Crippen LogP) is 5.81. The maximum atomic E-state index is 5.89. The van der Waals surface area contributed by atoms with E-state index >= 15 is 0 Å². The fourth-order valence-electron chi connectivity index (χ4n) is 2.59. The Balaban J connectivity index is 1.52. The van der Waals surface area contributed by atoms with E-state index < -0.39 is 0 Å². The van der Waals surface area contributed by atoms with E-state index in [1.807, 2.05) is 78.9 Å². The molecule has 1 heterocycles. The maximum absolute atomic E-state index is 5.89. The van der Waals surface area contributed by atoms with Crippen LogP contribution in [0.4, 0.5) is 0 Å². The maximum Gasteiger partial charge on any atom is 0.226 e. The fraction of sp³-hybridized carbons (Fsp3) is 0.0455. The second-order valence-corrected chi connectivity index (χ2v) is 5.70. The Morgan fingerprint density at radius 3 is 2.00 bits per heavy atom. The molecule has 0 unspecified atom stereocenters. The molecular weight excluding hydrogens is 326 g/mol. The van der Waals surface area contributed by atoms with Gasteiger partial charge < -0.3 is 13.9 Å². The second kappa shape index (κ2) is 7.15. The number of hydrogen-bond acceptors (Lipinski definition) is 4. The van der Waals surface area contributed by atoms with Gasteiger partial charge in [0.15, 0.2) is 5.76 Å². The Kier molecular flexibility index (Phi) is 4.39. The average molecular weight is 343 g/mol. The summed E-state index contributed by atoms with van der Waals surface area (Å²) in [5.41, 5.74) is 1.85. The number of benzene rings is 3. The highest BCUT2D eigenvalue weighted by Gasteiger charge is 2.09. The molecular formula is C22H17NO3. The monoisotopic (exact) mass is 343 g/mol. The molecule has 1 aromatic heterocycles. The molecule has 0 bridgehead atoms. The van der Waals surface area contributed by atoms with Crippen molar-refractivity contribution >= 4 is 0 Å². The predicted molar refractivity (Wildman–Crippen MR) is 100 cm³/mol. The Bertz CT molecular complexity index is 974. The molecule has 0 aliphatic heterocycles. The molecule has 26 heavy (non-hydrogen) atoms. The van der Waals surface area contributed by atoms with Crippen LogP contribution in [0.15, 0.2) is 89.5 Å². The highest BCUT2D eigenvalue weighted by Crippen LogP contribution is 2.29. The molecule has 128 valence electrons. The normalized spacial score (nSPS) is 10.5. The van der Waals surface area contributed by atoms with E-state index in [-0.39, 0.29) is 0 Å². The largest absolute Gasteiger partial charge is 0.497 e. The van der Waals surface area contributed by atoms with Gasteiger partial charge >= 0.3 is 0 Å². The van der Waals surface area contributed by atoms with Crippen molar-refractivity contribution in [2.24, 2.45) is 0 Å². The van der Waals surface area contributed by atoms with E-state index in [2.05, 4.69) is 4.98 Å². The molecule has 0 aliphatic carbocycles. The molecule has 0 spiro atoms. The zero-order chi connectivity index (χ0) is 17.8. The Morgan fingerprint density at radius 1 is 0.692 bits per heavy atom. The van der Waals surface area contributed by atoms with Crippen molar-refractivity contribution < 1.29 is 13.9 Å². The summed E-state index contributed by atoms with van der Waals surface area (Å²) in [5, 5.41) is 0. The molecule has 0 aliphatic rings. The van der Waals surface area contributed by atoms with Crippen molar-refractivity contribution in [1.29, 1.82) is 0 Å². The molecule has 0 N–H and O–H groups in total. The SMILES string of the molecule is COc1ccc(-c2ncc(-c3ccc(Oc4ccccc4)cc3)o2)cc1. The van der Waals surface area contributed by atoms with Crippen LogP contribution < -0.4 is 9.47 Å². The van der Waals surface area contributed by atoms with Crippen molar-refractivity contribution in [2.75, 3.05) is 7.11 Å². The Labute approximate surface area is 151 Å². The van der Waals surface area contributed by atoms with Gasteiger partial charge in [0.05, 0.1) is 13.3 Å². The average Bonchev–Trinajstić information content (AvgIpc) is 3.20. The molecule has 0 saturated carbocycles. The third-order valence-corrected chi connectivity index (χ3v) is 3.96. The van der Waals surface area contributed by atoms with Crippen molar-refractivity contribution in [3.05, 3.63) is 85.1 Å². The molecule has 0 fully saturated rings. The van der Waals surface area contributed by atoms with Gasteiger partial charge in [-0.25, -0.2) is 4.98 Å². The van der Waals surface area contributed by atoms with E-state index in [4.69, 9.17) is 13.9 Å². The molecule has 0 radical (unpaired) electrons. The van der Waals surface area contributed by atoms with Crippen LogP contribution >= 0.6 is 0 Å². The summed E-state index contributed by atoms with van der Waals surface area (Å²) in [7, 11) is 1.64. The highest BCUT2D eigenvalue weighted by molar-refractivity contribution is 5.62. The van der Waals surface area contributed by atoms with E-state index in [1.54, 1.807) is 13.3 Å². The van der Waals surface area contributed by atoms with E-state index in [1.165, 1.54) is 0 Å². The lowest BCUT2D eigenvalue weighted by atomic mass is 10.2. The van der Waals surface area contributed by atoms with Gasteiger partial charge in [0, 0.05) is 11.1 Å². The molecule has 4 rings (SSSR count). The van der Waals surface area contributed by atoms with Gasteiger partial charge in [0.25, 0.3) is 0 Å². The van der Waals surface area contributed by atoms with Crippen LogP contribution in [0, 0.1) is 0 Å². The first kappa shape index (κ1) is 16.0. The summed E-state index contributed by atoms with van der Waals surface area (Å²) in [6, 6.07) is 25.0. The number of rotatable bonds is 5.